The Morgan fingerprint density at radius 2 is 2.17 bits per heavy atom. The molecule has 0 bridgehead atoms. The van der Waals surface area contributed by atoms with Gasteiger partial charge >= 0.3 is 0 Å². The van der Waals surface area contributed by atoms with Crippen LogP contribution in [0.25, 0.3) is 0 Å². The van der Waals surface area contributed by atoms with Crippen LogP contribution in [0.4, 0.5) is 0 Å². The third kappa shape index (κ3) is 4.19. The molecule has 1 heterocycles. The van der Waals surface area contributed by atoms with E-state index in [2.05, 4.69) is 29.4 Å². The molecule has 100 valence electrons. The minimum atomic E-state index is 0.598. The second-order valence-electron chi connectivity index (χ2n) is 4.63. The molecule has 1 aliphatic rings. The summed E-state index contributed by atoms with van der Waals surface area (Å²) in [7, 11) is 2.19. The van der Waals surface area contributed by atoms with Crippen LogP contribution in [-0.4, -0.2) is 50.0 Å². The molecule has 0 radical (unpaired) electrons. The zero-order valence-electron chi connectivity index (χ0n) is 11.2. The van der Waals surface area contributed by atoms with Crippen LogP contribution in [-0.2, 0) is 0 Å². The summed E-state index contributed by atoms with van der Waals surface area (Å²) in [5.74, 6) is 2.08. The number of nitrogens with one attached hydrogen (secondary N) is 1. The van der Waals surface area contributed by atoms with Gasteiger partial charge in [-0.3, -0.25) is 0 Å². The fraction of sp³-hybridized carbons (Fsp3) is 0.571. The minimum absolute atomic E-state index is 0.598. The lowest BCUT2D eigenvalue weighted by molar-refractivity contribution is 0.250. The van der Waals surface area contributed by atoms with Crippen molar-refractivity contribution in [3.05, 3.63) is 24.3 Å². The highest BCUT2D eigenvalue weighted by Gasteiger charge is 2.16. The number of nitrogens with zero attached hydrogens (tertiary/aromatic N) is 1. The molecule has 0 aromatic heterocycles. The van der Waals surface area contributed by atoms with Gasteiger partial charge < -0.3 is 15.0 Å². The van der Waals surface area contributed by atoms with Crippen molar-refractivity contribution in [1.29, 1.82) is 0 Å². The molecule has 1 N–H and O–H groups in total. The molecule has 18 heavy (non-hydrogen) atoms. The Bertz CT molecular complexity index is 355. The van der Waals surface area contributed by atoms with Crippen molar-refractivity contribution in [1.82, 2.24) is 10.2 Å². The second-order valence-corrected chi connectivity index (χ2v) is 5.72. The molecule has 3 nitrogen and oxygen atoms in total. The quantitative estimate of drug-likeness (QED) is 0.825. The lowest BCUT2D eigenvalue weighted by Gasteiger charge is -2.30. The third-order valence-corrected chi connectivity index (χ3v) is 4.22. The number of piperazine rings is 1. The molecule has 0 aliphatic carbocycles. The maximum atomic E-state index is 5.44. The van der Waals surface area contributed by atoms with Crippen molar-refractivity contribution >= 4 is 11.8 Å². The summed E-state index contributed by atoms with van der Waals surface area (Å²) < 4.78 is 5.44. The normalized spacial score (nSPS) is 20.9. The molecule has 1 atom stereocenters. The van der Waals surface area contributed by atoms with E-state index in [1.54, 1.807) is 0 Å². The van der Waals surface area contributed by atoms with E-state index >= 15 is 0 Å². The van der Waals surface area contributed by atoms with E-state index in [-0.39, 0.29) is 0 Å². The Morgan fingerprint density at radius 1 is 1.39 bits per heavy atom. The molecule has 4 heteroatoms. The molecular weight excluding hydrogens is 244 g/mol. The Balaban J connectivity index is 1.78. The van der Waals surface area contributed by atoms with Crippen molar-refractivity contribution in [2.24, 2.45) is 0 Å². The van der Waals surface area contributed by atoms with E-state index in [0.29, 0.717) is 6.04 Å². The van der Waals surface area contributed by atoms with E-state index in [9.17, 15) is 0 Å². The maximum absolute atomic E-state index is 5.44. The average molecular weight is 266 g/mol. The van der Waals surface area contributed by atoms with Gasteiger partial charge in [-0.1, -0.05) is 0 Å². The largest absolute Gasteiger partial charge is 0.494 e. The van der Waals surface area contributed by atoms with Crippen LogP contribution in [0.1, 0.15) is 6.92 Å². The first-order chi connectivity index (χ1) is 8.78. The van der Waals surface area contributed by atoms with Gasteiger partial charge in [0.25, 0.3) is 0 Å². The maximum Gasteiger partial charge on any atom is 0.119 e. The highest BCUT2D eigenvalue weighted by molar-refractivity contribution is 7.99. The molecule has 0 amide bonds. The van der Waals surface area contributed by atoms with Crippen LogP contribution in [0, 0.1) is 0 Å². The molecule has 1 saturated heterocycles. The van der Waals surface area contributed by atoms with Crippen LogP contribution >= 0.6 is 11.8 Å². The number of benzene rings is 1. The third-order valence-electron chi connectivity index (χ3n) is 3.04. The number of ether oxygens (including phenoxy) is 1. The number of likely N-dealkylation sites (N-methyl/N-ethyl adjacent to an activating group) is 1. The van der Waals surface area contributed by atoms with Crippen LogP contribution in [0.2, 0.25) is 0 Å². The van der Waals surface area contributed by atoms with E-state index in [1.807, 2.05) is 30.8 Å². The molecular formula is C14H22N2OS. The van der Waals surface area contributed by atoms with E-state index in [4.69, 9.17) is 4.74 Å². The second kappa shape index (κ2) is 7.02. The van der Waals surface area contributed by atoms with Gasteiger partial charge in [0.1, 0.15) is 5.75 Å². The van der Waals surface area contributed by atoms with Crippen LogP contribution < -0.4 is 10.1 Å². The Kier molecular flexibility index (Phi) is 5.35. The monoisotopic (exact) mass is 266 g/mol. The summed E-state index contributed by atoms with van der Waals surface area (Å²) >= 11 is 1.91. The van der Waals surface area contributed by atoms with Gasteiger partial charge in [0.05, 0.1) is 6.61 Å². The first kappa shape index (κ1) is 13.7. The summed E-state index contributed by atoms with van der Waals surface area (Å²) in [6.07, 6.45) is 0. The zero-order chi connectivity index (χ0) is 12.8. The van der Waals surface area contributed by atoms with E-state index in [0.717, 1.165) is 37.7 Å². The van der Waals surface area contributed by atoms with Crippen molar-refractivity contribution in [3.8, 4) is 5.75 Å². The SMILES string of the molecule is CCOc1ccc(SCC2CN(C)CCN2)cc1. The molecule has 1 aromatic rings. The Morgan fingerprint density at radius 3 is 2.83 bits per heavy atom. The Labute approximate surface area is 114 Å². The van der Waals surface area contributed by atoms with Gasteiger partial charge in [-0.15, -0.1) is 11.8 Å². The molecule has 1 aromatic carbocycles. The van der Waals surface area contributed by atoms with Gasteiger partial charge in [0, 0.05) is 36.3 Å². The summed E-state index contributed by atoms with van der Waals surface area (Å²) in [5, 5.41) is 3.56. The first-order valence-corrected chi connectivity index (χ1v) is 7.54. The van der Waals surface area contributed by atoms with Crippen molar-refractivity contribution in [2.45, 2.75) is 17.9 Å². The van der Waals surface area contributed by atoms with Gasteiger partial charge in [-0.25, -0.2) is 0 Å². The molecule has 2 rings (SSSR count). The predicted molar refractivity (Wildman–Crippen MR) is 77.6 cm³/mol. The zero-order valence-corrected chi connectivity index (χ0v) is 12.0. The molecule has 1 fully saturated rings. The lowest BCUT2D eigenvalue weighted by atomic mass is 10.2. The van der Waals surface area contributed by atoms with E-state index in [1.165, 1.54) is 4.90 Å². The van der Waals surface area contributed by atoms with Crippen molar-refractivity contribution in [2.75, 3.05) is 39.0 Å². The summed E-state index contributed by atoms with van der Waals surface area (Å²) in [6, 6.07) is 8.98. The summed E-state index contributed by atoms with van der Waals surface area (Å²) in [5.41, 5.74) is 0. The van der Waals surface area contributed by atoms with Crippen LogP contribution in [0.5, 0.6) is 5.75 Å². The molecule has 1 unspecified atom stereocenters. The number of rotatable bonds is 5. The number of hydrogen-bond acceptors (Lipinski definition) is 4. The summed E-state index contributed by atoms with van der Waals surface area (Å²) in [6.45, 7) is 6.14. The number of thioether (sulfide) groups is 1. The first-order valence-electron chi connectivity index (χ1n) is 6.55. The molecule has 1 aliphatic heterocycles. The van der Waals surface area contributed by atoms with Crippen LogP contribution in [0.15, 0.2) is 29.2 Å². The highest BCUT2D eigenvalue weighted by atomic mass is 32.2. The molecule has 0 spiro atoms. The van der Waals surface area contributed by atoms with Crippen molar-refractivity contribution < 1.29 is 4.74 Å². The summed E-state index contributed by atoms with van der Waals surface area (Å²) in [4.78, 5) is 3.70. The number of hydrogen-bond donors (Lipinski definition) is 1. The molecule has 0 saturated carbocycles. The highest BCUT2D eigenvalue weighted by Crippen LogP contribution is 2.22. The fourth-order valence-corrected chi connectivity index (χ4v) is 3.04. The topological polar surface area (TPSA) is 24.5 Å². The van der Waals surface area contributed by atoms with Gasteiger partial charge in [0.15, 0.2) is 0 Å². The van der Waals surface area contributed by atoms with Crippen LogP contribution in [0.3, 0.4) is 0 Å². The standard InChI is InChI=1S/C14H22N2OS/c1-3-17-13-4-6-14(7-5-13)18-11-12-10-16(2)9-8-15-12/h4-7,12,15H,3,8-11H2,1-2H3. The fourth-order valence-electron chi connectivity index (χ4n) is 2.10. The van der Waals surface area contributed by atoms with Gasteiger partial charge in [-0.2, -0.15) is 0 Å². The Hall–Kier alpha value is -0.710. The van der Waals surface area contributed by atoms with E-state index < -0.39 is 0 Å². The van der Waals surface area contributed by atoms with Gasteiger partial charge in [-0.05, 0) is 38.2 Å². The lowest BCUT2D eigenvalue weighted by Crippen LogP contribution is -2.50. The average Bonchev–Trinajstić information content (AvgIpc) is 2.38. The van der Waals surface area contributed by atoms with Gasteiger partial charge in [0.2, 0.25) is 0 Å². The predicted octanol–water partition coefficient (Wildman–Crippen LogP) is 2.08. The smallest absolute Gasteiger partial charge is 0.119 e. The minimum Gasteiger partial charge on any atom is -0.494 e. The van der Waals surface area contributed by atoms with Crippen molar-refractivity contribution in [3.63, 3.8) is 0 Å².